The van der Waals surface area contributed by atoms with Crippen molar-refractivity contribution < 1.29 is 0 Å². The van der Waals surface area contributed by atoms with Gasteiger partial charge in [-0.15, -0.1) is 12.4 Å². The predicted octanol–water partition coefficient (Wildman–Crippen LogP) is 0.779. The van der Waals surface area contributed by atoms with Gasteiger partial charge in [0.25, 0.3) is 0 Å². The van der Waals surface area contributed by atoms with Gasteiger partial charge < -0.3 is 12.3 Å². The molecule has 0 unspecified atom stereocenters. The summed E-state index contributed by atoms with van der Waals surface area (Å²) in [5.74, 6) is 0. The monoisotopic (exact) mass is 122 g/mol. The molecule has 0 radical (unpaired) electrons. The van der Waals surface area contributed by atoms with E-state index >= 15 is 0 Å². The molecule has 0 bridgehead atoms. The Kier molecular flexibility index (Phi) is 320. The summed E-state index contributed by atoms with van der Waals surface area (Å²) in [6.45, 7) is 0. The molecule has 0 heterocycles. The second-order valence-corrected chi connectivity index (χ2v) is 0.224. The van der Waals surface area contributed by atoms with E-state index in [2.05, 4.69) is 0 Å². The fraction of sp³-hybridized carbons (Fsp3) is 0. The first-order valence-electron chi connectivity index (χ1n) is 0.697. The fourth-order valence-electron chi connectivity index (χ4n) is 0. The van der Waals surface area contributed by atoms with Crippen LogP contribution in [0.3, 0.4) is 0 Å². The van der Waals surface area contributed by atoms with Crippen molar-refractivity contribution in [3.63, 3.8) is 0 Å². The summed E-state index contributed by atoms with van der Waals surface area (Å²) in [6.07, 6.45) is 0. The van der Waals surface area contributed by atoms with Crippen molar-refractivity contribution in [3.8, 4) is 12.1 Å². The molecule has 0 aromatic carbocycles. The molecule has 0 amide bonds. The van der Waals surface area contributed by atoms with E-state index in [1.807, 2.05) is 0 Å². The van der Waals surface area contributed by atoms with Gasteiger partial charge in [-0.1, -0.05) is 0 Å². The van der Waals surface area contributed by atoms with Crippen LogP contribution in [0.4, 0.5) is 0 Å². The first kappa shape index (κ1) is 34.8. The summed E-state index contributed by atoms with van der Waals surface area (Å²) >= 11 is 0. The van der Waals surface area contributed by atoms with Crippen molar-refractivity contribution in [3.05, 3.63) is 0 Å². The van der Waals surface area contributed by atoms with Crippen LogP contribution in [0.15, 0.2) is 0 Å². The van der Waals surface area contributed by atoms with Crippen molar-refractivity contribution >= 4 is 12.4 Å². The summed E-state index contributed by atoms with van der Waals surface area (Å²) < 4.78 is 0. The maximum Gasteiger partial charge on any atom is 0.181 e. The van der Waals surface area contributed by atoms with Crippen LogP contribution >= 0.6 is 12.4 Å². The van der Waals surface area contributed by atoms with E-state index in [4.69, 9.17) is 10.5 Å². The van der Waals surface area contributed by atoms with Crippen LogP contribution in [-0.4, -0.2) is 0 Å². The predicted molar refractivity (Wildman–Crippen MR) is 28.5 cm³/mol. The Morgan fingerprint density at radius 2 is 1.00 bits per heavy atom. The van der Waals surface area contributed by atoms with Gasteiger partial charge in [-0.2, -0.15) is 10.5 Å². The van der Waals surface area contributed by atoms with Gasteiger partial charge in [-0.05, 0) is 0 Å². The summed E-state index contributed by atoms with van der Waals surface area (Å²) in [4.78, 5) is 0. The molecule has 0 aliphatic carbocycles. The zero-order valence-corrected chi connectivity index (χ0v) is 4.53. The average Bonchev–Trinajstić information content (AvgIpc) is 1.37. The lowest BCUT2D eigenvalue weighted by atomic mass is 10.9. The van der Waals surface area contributed by atoms with Crippen molar-refractivity contribution in [2.24, 2.45) is 0 Å². The minimum Gasteiger partial charge on any atom is -0.344 e. The Morgan fingerprint density at radius 1 is 0.857 bits per heavy atom. The van der Waals surface area contributed by atoms with Gasteiger partial charge in [0, 0.05) is 0 Å². The number of nitrogens with zero attached hydrogens (tertiary/aromatic N) is 2. The highest BCUT2D eigenvalue weighted by molar-refractivity contribution is 5.85. The molecule has 6 N–H and O–H groups in total. The van der Waals surface area contributed by atoms with Crippen LogP contribution < -0.4 is 12.3 Å². The lowest BCUT2D eigenvalue weighted by molar-refractivity contribution is 1.49. The Labute approximate surface area is 48.3 Å². The van der Waals surface area contributed by atoms with Gasteiger partial charge in [0.15, 0.2) is 12.1 Å². The van der Waals surface area contributed by atoms with E-state index in [0.29, 0.717) is 0 Å². The Balaban J connectivity index is -0.0000000150. The maximum atomic E-state index is 7.26. The van der Waals surface area contributed by atoms with Crippen molar-refractivity contribution in [2.75, 3.05) is 0 Å². The van der Waals surface area contributed by atoms with Gasteiger partial charge in [-0.3, -0.25) is 0 Å². The van der Waals surface area contributed by atoms with Gasteiger partial charge >= 0.3 is 0 Å². The van der Waals surface area contributed by atoms with E-state index in [1.54, 1.807) is 0 Å². The van der Waals surface area contributed by atoms with E-state index in [-0.39, 0.29) is 24.7 Å². The van der Waals surface area contributed by atoms with E-state index in [0.717, 1.165) is 0 Å². The van der Waals surface area contributed by atoms with Crippen LogP contribution in [0.2, 0.25) is 0 Å². The van der Waals surface area contributed by atoms with Crippen molar-refractivity contribution in [1.29, 1.82) is 10.5 Å². The summed E-state index contributed by atoms with van der Waals surface area (Å²) in [5, 5.41) is 14.5. The largest absolute Gasteiger partial charge is 0.344 e. The second-order valence-electron chi connectivity index (χ2n) is 0.224. The quantitative estimate of drug-likeness (QED) is 0.494. The van der Waals surface area contributed by atoms with Crippen LogP contribution in [-0.2, 0) is 0 Å². The first-order chi connectivity index (χ1) is 1.91. The number of nitriles is 2. The summed E-state index contributed by atoms with van der Waals surface area (Å²) in [7, 11) is 0. The Morgan fingerprint density at radius 3 is 1.00 bits per heavy atom. The number of rotatable bonds is 0. The Bertz CT molecular complexity index is 64.7. The molecule has 0 saturated carbocycles. The maximum absolute atomic E-state index is 7.26. The third kappa shape index (κ3) is 1460. The van der Waals surface area contributed by atoms with Gasteiger partial charge in [0.05, 0.1) is 0 Å². The number of hydrogen-bond donors (Lipinski definition) is 2. The SMILES string of the molecule is Cl.N.N.N#CC#N. The highest BCUT2D eigenvalue weighted by atomic mass is 35.5. The molecule has 0 rings (SSSR count). The summed E-state index contributed by atoms with van der Waals surface area (Å²) in [5.41, 5.74) is 0. The van der Waals surface area contributed by atoms with E-state index < -0.39 is 0 Å². The first-order valence-corrected chi connectivity index (χ1v) is 0.697. The minimum absolute atomic E-state index is 0. The van der Waals surface area contributed by atoms with Gasteiger partial charge in [0.1, 0.15) is 0 Å². The standard InChI is InChI=1S/C2N2.ClH.2H3N/c3-1-2-4;;;/h;1H;2*1H3. The van der Waals surface area contributed by atoms with Crippen LogP contribution in [0, 0.1) is 22.7 Å². The van der Waals surface area contributed by atoms with Crippen molar-refractivity contribution in [2.45, 2.75) is 0 Å². The van der Waals surface area contributed by atoms with Gasteiger partial charge in [0.2, 0.25) is 0 Å². The van der Waals surface area contributed by atoms with Crippen LogP contribution in [0.25, 0.3) is 0 Å². The molecule has 5 heteroatoms. The molecule has 42 valence electrons. The molecule has 7 heavy (non-hydrogen) atoms. The normalized spacial score (nSPS) is 1.43. The lowest BCUT2D eigenvalue weighted by Gasteiger charge is -1.16. The van der Waals surface area contributed by atoms with Crippen molar-refractivity contribution in [1.82, 2.24) is 12.3 Å². The molecule has 0 atom stereocenters. The topological polar surface area (TPSA) is 118 Å². The second kappa shape index (κ2) is 64.3. The minimum atomic E-state index is 0. The van der Waals surface area contributed by atoms with Crippen LogP contribution in [0.1, 0.15) is 0 Å². The molecule has 0 saturated heterocycles. The highest BCUT2D eigenvalue weighted by Gasteiger charge is 1.39. The Hall–Kier alpha value is -0.810. The average molecular weight is 123 g/mol. The molecule has 0 fully saturated rings. The molecule has 0 spiro atoms. The molecule has 0 aliphatic rings. The third-order valence-electron chi connectivity index (χ3n) is 0.0500. The van der Waals surface area contributed by atoms with Crippen LogP contribution in [0.5, 0.6) is 0 Å². The highest BCUT2D eigenvalue weighted by Crippen LogP contribution is 1.27. The molecular formula is C2H7ClN4. The zero-order chi connectivity index (χ0) is 3.41. The smallest absolute Gasteiger partial charge is 0.181 e. The molecule has 0 aromatic rings. The summed E-state index contributed by atoms with van der Waals surface area (Å²) in [6, 6.07) is 2.47. The van der Waals surface area contributed by atoms with E-state index in [9.17, 15) is 0 Å². The fourth-order valence-corrected chi connectivity index (χ4v) is 0. The zero-order valence-electron chi connectivity index (χ0n) is 3.72. The number of hydrogen-bond acceptors (Lipinski definition) is 4. The molecule has 4 nitrogen and oxygen atoms in total. The molecule has 0 aromatic heterocycles. The molecular weight excluding hydrogens is 116 g/mol. The van der Waals surface area contributed by atoms with E-state index in [1.165, 1.54) is 12.1 Å². The molecule has 0 aliphatic heterocycles. The third-order valence-corrected chi connectivity index (χ3v) is 0.0500. The lowest BCUT2D eigenvalue weighted by Crippen LogP contribution is -1.26. The van der Waals surface area contributed by atoms with Gasteiger partial charge in [-0.25, -0.2) is 0 Å². The number of halogens is 1.